The van der Waals surface area contributed by atoms with Gasteiger partial charge in [0.25, 0.3) is 0 Å². The van der Waals surface area contributed by atoms with E-state index in [4.69, 9.17) is 19.9 Å². The maximum Gasteiger partial charge on any atom is 0.164 e. The van der Waals surface area contributed by atoms with Crippen molar-refractivity contribution in [2.45, 2.75) is 6.92 Å². The zero-order valence-electron chi connectivity index (χ0n) is 32.8. The van der Waals surface area contributed by atoms with Crippen molar-refractivity contribution in [2.75, 3.05) is 0 Å². The minimum Gasteiger partial charge on any atom is -0.247 e. The van der Waals surface area contributed by atoms with E-state index in [1.165, 1.54) is 16.8 Å². The van der Waals surface area contributed by atoms with E-state index < -0.39 is 0 Å². The van der Waals surface area contributed by atoms with Crippen LogP contribution in [0.3, 0.4) is 0 Å². The third-order valence-electron chi connectivity index (χ3n) is 11.1. The zero-order valence-corrected chi connectivity index (χ0v) is 32.8. The summed E-state index contributed by atoms with van der Waals surface area (Å²) in [5, 5.41) is 4.09. The van der Waals surface area contributed by atoms with Gasteiger partial charge in [0, 0.05) is 27.5 Å². The molecule has 5 heteroatoms. The summed E-state index contributed by atoms with van der Waals surface area (Å²) in [4.78, 5) is 19.6. The van der Waals surface area contributed by atoms with E-state index in [9.17, 15) is 4.39 Å². The minimum atomic E-state index is -0.271. The first-order valence-corrected chi connectivity index (χ1v) is 19.9. The van der Waals surface area contributed by atoms with Crippen molar-refractivity contribution >= 4 is 38.7 Å². The molecular weight excluding hydrogens is 736 g/mol. The number of allylic oxidation sites excluding steroid dienone is 2. The van der Waals surface area contributed by atoms with Gasteiger partial charge in [-0.2, -0.15) is 0 Å². The van der Waals surface area contributed by atoms with E-state index in [0.29, 0.717) is 17.5 Å². The molecule has 0 aliphatic heterocycles. The molecule has 0 amide bonds. The average molecular weight is 773 g/mol. The Morgan fingerprint density at radius 3 is 1.47 bits per heavy atom. The predicted molar refractivity (Wildman–Crippen MR) is 247 cm³/mol. The largest absolute Gasteiger partial charge is 0.247 e. The third kappa shape index (κ3) is 6.82. The summed E-state index contributed by atoms with van der Waals surface area (Å²) >= 11 is 0. The summed E-state index contributed by atoms with van der Waals surface area (Å²) in [5.41, 5.74) is 13.3. The number of halogens is 1. The monoisotopic (exact) mass is 772 g/mol. The van der Waals surface area contributed by atoms with Crippen molar-refractivity contribution in [3.63, 3.8) is 0 Å². The molecule has 0 radical (unpaired) electrons. The second-order valence-electron chi connectivity index (χ2n) is 14.9. The molecule has 0 saturated carbocycles. The van der Waals surface area contributed by atoms with Gasteiger partial charge < -0.3 is 0 Å². The lowest BCUT2D eigenvalue weighted by molar-refractivity contribution is 0.629. The standard InChI is InChI=1S/C55H37FN4/c1-3-4-17-45-35(2)52-43(32-42-33-44(56)28-31-51(42)57-52)34-50(45)38-22-20-36(21-23-38)46-29-30-47(49-19-12-11-18-48(46)49)37-24-26-41(27-25-37)55-59-53(39-13-7-5-8-14-39)58-54(60-55)40-15-9-6-10-16-40/h3-34H,1H2,2H3/b17-4-. The molecule has 10 rings (SSSR count). The first kappa shape index (κ1) is 36.5. The van der Waals surface area contributed by atoms with Crippen molar-refractivity contribution in [1.82, 2.24) is 19.9 Å². The molecular formula is C55H37FN4. The Morgan fingerprint density at radius 2 is 0.933 bits per heavy atom. The highest BCUT2D eigenvalue weighted by atomic mass is 19.1. The highest BCUT2D eigenvalue weighted by Crippen LogP contribution is 2.39. The highest BCUT2D eigenvalue weighted by Gasteiger charge is 2.16. The topological polar surface area (TPSA) is 51.6 Å². The molecule has 0 aliphatic carbocycles. The Kier molecular flexibility index (Phi) is 9.39. The summed E-state index contributed by atoms with van der Waals surface area (Å²) in [6, 6.07) is 59.3. The number of fused-ring (bicyclic) bond motifs is 3. The molecule has 0 aliphatic rings. The summed E-state index contributed by atoms with van der Waals surface area (Å²) in [5.74, 6) is 1.63. The first-order chi connectivity index (χ1) is 29.5. The normalized spacial score (nSPS) is 11.5. The van der Waals surface area contributed by atoms with Crippen LogP contribution in [0.25, 0.3) is 106 Å². The van der Waals surface area contributed by atoms with Gasteiger partial charge in [0.1, 0.15) is 5.82 Å². The number of nitrogens with zero attached hydrogens (tertiary/aromatic N) is 4. The second kappa shape index (κ2) is 15.5. The van der Waals surface area contributed by atoms with Gasteiger partial charge in [-0.05, 0) is 92.5 Å². The minimum absolute atomic E-state index is 0.271. The molecule has 2 aromatic heterocycles. The number of rotatable bonds is 8. The van der Waals surface area contributed by atoms with Gasteiger partial charge in [-0.1, -0.05) is 170 Å². The molecule has 2 heterocycles. The Hall–Kier alpha value is -7.89. The molecule has 8 aromatic carbocycles. The fourth-order valence-electron chi connectivity index (χ4n) is 8.12. The number of aromatic nitrogens is 4. The lowest BCUT2D eigenvalue weighted by Gasteiger charge is -2.15. The molecule has 0 saturated heterocycles. The second-order valence-corrected chi connectivity index (χ2v) is 14.9. The quantitative estimate of drug-likeness (QED) is 0.114. The maximum atomic E-state index is 14.2. The predicted octanol–water partition coefficient (Wildman–Crippen LogP) is 14.4. The number of pyridine rings is 1. The Balaban J connectivity index is 1.00. The summed E-state index contributed by atoms with van der Waals surface area (Å²) in [7, 11) is 0. The summed E-state index contributed by atoms with van der Waals surface area (Å²) in [6.07, 6.45) is 5.84. The highest BCUT2D eigenvalue weighted by molar-refractivity contribution is 6.05. The van der Waals surface area contributed by atoms with E-state index in [2.05, 4.69) is 111 Å². The summed E-state index contributed by atoms with van der Waals surface area (Å²) < 4.78 is 14.2. The molecule has 0 atom stereocenters. The van der Waals surface area contributed by atoms with Crippen molar-refractivity contribution in [1.29, 1.82) is 0 Å². The molecule has 0 bridgehead atoms. The van der Waals surface area contributed by atoms with Crippen LogP contribution < -0.4 is 0 Å². The van der Waals surface area contributed by atoms with Crippen LogP contribution in [0, 0.1) is 12.7 Å². The average Bonchev–Trinajstić information content (AvgIpc) is 3.31. The third-order valence-corrected chi connectivity index (χ3v) is 11.1. The van der Waals surface area contributed by atoms with Gasteiger partial charge >= 0.3 is 0 Å². The number of benzene rings is 8. The molecule has 10 aromatic rings. The molecule has 0 fully saturated rings. The SMILES string of the molecule is C=C/C=C\c1c(-c2ccc(-c3ccc(-c4ccc(-c5nc(-c6ccccc6)nc(-c6ccccc6)n5)cc4)c4ccccc34)cc2)cc2cc3cc(F)ccc3nc2c1C. The molecule has 0 spiro atoms. The van der Waals surface area contributed by atoms with Crippen LogP contribution in [0.5, 0.6) is 0 Å². The van der Waals surface area contributed by atoms with Crippen LogP contribution >= 0.6 is 0 Å². The zero-order chi connectivity index (χ0) is 40.6. The molecule has 60 heavy (non-hydrogen) atoms. The van der Waals surface area contributed by atoms with Crippen molar-refractivity contribution in [3.8, 4) is 67.5 Å². The van der Waals surface area contributed by atoms with Crippen LogP contribution in [-0.4, -0.2) is 19.9 Å². The van der Waals surface area contributed by atoms with Crippen molar-refractivity contribution in [2.24, 2.45) is 0 Å². The number of hydrogen-bond donors (Lipinski definition) is 0. The fraction of sp³-hybridized carbons (Fsp3) is 0.0182. The lowest BCUT2D eigenvalue weighted by atomic mass is 9.89. The van der Waals surface area contributed by atoms with E-state index in [1.807, 2.05) is 72.8 Å². The fourth-order valence-corrected chi connectivity index (χ4v) is 8.12. The van der Waals surface area contributed by atoms with Crippen LogP contribution in [-0.2, 0) is 0 Å². The molecule has 4 nitrogen and oxygen atoms in total. The van der Waals surface area contributed by atoms with Gasteiger partial charge in [-0.25, -0.2) is 24.3 Å². The van der Waals surface area contributed by atoms with Crippen molar-refractivity contribution in [3.05, 3.63) is 212 Å². The van der Waals surface area contributed by atoms with Gasteiger partial charge in [0.05, 0.1) is 11.0 Å². The number of hydrogen-bond acceptors (Lipinski definition) is 4. The van der Waals surface area contributed by atoms with Gasteiger partial charge in [0.2, 0.25) is 0 Å². The van der Waals surface area contributed by atoms with E-state index in [-0.39, 0.29) is 5.82 Å². The van der Waals surface area contributed by atoms with Crippen LogP contribution in [0.1, 0.15) is 11.1 Å². The lowest BCUT2D eigenvalue weighted by Crippen LogP contribution is -2.00. The molecule has 0 N–H and O–H groups in total. The van der Waals surface area contributed by atoms with Crippen LogP contribution in [0.2, 0.25) is 0 Å². The maximum absolute atomic E-state index is 14.2. The molecule has 284 valence electrons. The Morgan fingerprint density at radius 1 is 0.450 bits per heavy atom. The Labute approximate surface area is 347 Å². The van der Waals surface area contributed by atoms with Crippen LogP contribution in [0.4, 0.5) is 4.39 Å². The van der Waals surface area contributed by atoms with Gasteiger partial charge in [0.15, 0.2) is 17.5 Å². The van der Waals surface area contributed by atoms with E-state index in [0.717, 1.165) is 83.0 Å². The smallest absolute Gasteiger partial charge is 0.164 e. The number of aryl methyl sites for hydroxylation is 1. The first-order valence-electron chi connectivity index (χ1n) is 19.9. The van der Waals surface area contributed by atoms with Crippen molar-refractivity contribution < 1.29 is 4.39 Å². The van der Waals surface area contributed by atoms with E-state index in [1.54, 1.807) is 18.2 Å². The van der Waals surface area contributed by atoms with Gasteiger partial charge in [-0.15, -0.1) is 0 Å². The Bertz CT molecular complexity index is 3210. The van der Waals surface area contributed by atoms with Crippen LogP contribution in [0.15, 0.2) is 195 Å². The van der Waals surface area contributed by atoms with Gasteiger partial charge in [-0.3, -0.25) is 0 Å². The molecule has 0 unspecified atom stereocenters. The van der Waals surface area contributed by atoms with E-state index >= 15 is 0 Å². The summed E-state index contributed by atoms with van der Waals surface area (Å²) in [6.45, 7) is 6.01.